The first-order chi connectivity index (χ1) is 12.1. The van der Waals surface area contributed by atoms with E-state index in [0.717, 1.165) is 38.2 Å². The highest BCUT2D eigenvalue weighted by atomic mass is 16.5. The van der Waals surface area contributed by atoms with Gasteiger partial charge in [0.15, 0.2) is 5.96 Å². The van der Waals surface area contributed by atoms with Crippen LogP contribution in [0.4, 0.5) is 5.69 Å². The van der Waals surface area contributed by atoms with Gasteiger partial charge in [-0.1, -0.05) is 12.1 Å². The number of hydrogen-bond acceptors (Lipinski definition) is 3. The minimum absolute atomic E-state index is 0.700. The number of ether oxygens (including phenoxy) is 1. The third-order valence-electron chi connectivity index (χ3n) is 4.75. The van der Waals surface area contributed by atoms with E-state index in [9.17, 15) is 0 Å². The Balaban J connectivity index is 1.93. The van der Waals surface area contributed by atoms with E-state index < -0.39 is 0 Å². The summed E-state index contributed by atoms with van der Waals surface area (Å²) in [6, 6.07) is 8.57. The van der Waals surface area contributed by atoms with Crippen LogP contribution in [0.15, 0.2) is 29.3 Å². The Morgan fingerprint density at radius 1 is 1.24 bits per heavy atom. The molecule has 1 aromatic carbocycles. The van der Waals surface area contributed by atoms with Crippen molar-refractivity contribution in [1.82, 2.24) is 10.2 Å². The second kappa shape index (κ2) is 10.3. The normalized spacial score (nSPS) is 15.9. The molecule has 1 aliphatic rings. The Kier molecular flexibility index (Phi) is 8.06. The molecular formula is C20H34N4O. The molecule has 0 unspecified atom stereocenters. The average molecular weight is 347 g/mol. The topological polar surface area (TPSA) is 40.1 Å². The van der Waals surface area contributed by atoms with E-state index in [1.165, 1.54) is 30.5 Å². The Morgan fingerprint density at radius 3 is 2.68 bits per heavy atom. The molecule has 0 aliphatic carbocycles. The minimum atomic E-state index is 0.700. The van der Waals surface area contributed by atoms with Gasteiger partial charge in [-0.3, -0.25) is 0 Å². The molecule has 25 heavy (non-hydrogen) atoms. The van der Waals surface area contributed by atoms with Gasteiger partial charge in [0.2, 0.25) is 0 Å². The third kappa shape index (κ3) is 6.58. The minimum Gasteiger partial charge on any atom is -0.381 e. The van der Waals surface area contributed by atoms with E-state index >= 15 is 0 Å². The molecule has 5 nitrogen and oxygen atoms in total. The van der Waals surface area contributed by atoms with Gasteiger partial charge >= 0.3 is 0 Å². The van der Waals surface area contributed by atoms with E-state index in [4.69, 9.17) is 9.73 Å². The van der Waals surface area contributed by atoms with Crippen LogP contribution in [-0.4, -0.2) is 58.3 Å². The maximum atomic E-state index is 5.45. The summed E-state index contributed by atoms with van der Waals surface area (Å²) in [5, 5.41) is 3.42. The van der Waals surface area contributed by atoms with Crippen LogP contribution in [-0.2, 0) is 11.3 Å². The number of nitrogens with one attached hydrogen (secondary N) is 1. The Morgan fingerprint density at radius 2 is 2.00 bits per heavy atom. The van der Waals surface area contributed by atoms with E-state index in [1.807, 2.05) is 0 Å². The van der Waals surface area contributed by atoms with E-state index in [0.29, 0.717) is 6.54 Å². The number of aliphatic imine (C=N–C) groups is 1. The van der Waals surface area contributed by atoms with Crippen molar-refractivity contribution < 1.29 is 4.74 Å². The Hall–Kier alpha value is -1.75. The third-order valence-corrected chi connectivity index (χ3v) is 4.75. The molecule has 140 valence electrons. The lowest BCUT2D eigenvalue weighted by molar-refractivity contribution is 0.0625. The number of nitrogens with zero attached hydrogens (tertiary/aromatic N) is 3. The van der Waals surface area contributed by atoms with Crippen molar-refractivity contribution in [3.8, 4) is 0 Å². The molecule has 0 bridgehead atoms. The Labute approximate surface area is 153 Å². The van der Waals surface area contributed by atoms with Crippen LogP contribution >= 0.6 is 0 Å². The Bertz CT molecular complexity index is 538. The second-order valence-electron chi connectivity index (χ2n) is 7.00. The van der Waals surface area contributed by atoms with Crippen molar-refractivity contribution in [3.05, 3.63) is 29.8 Å². The monoisotopic (exact) mass is 346 g/mol. The molecule has 0 spiro atoms. The summed E-state index contributed by atoms with van der Waals surface area (Å²) in [5.74, 6) is 1.78. The lowest BCUT2D eigenvalue weighted by Crippen LogP contribution is -2.40. The molecule has 2 rings (SSSR count). The van der Waals surface area contributed by atoms with Gasteiger partial charge in [0.1, 0.15) is 0 Å². The van der Waals surface area contributed by atoms with Crippen molar-refractivity contribution >= 4 is 11.6 Å². The molecule has 0 amide bonds. The van der Waals surface area contributed by atoms with E-state index in [-0.39, 0.29) is 0 Å². The van der Waals surface area contributed by atoms with Gasteiger partial charge < -0.3 is 19.9 Å². The summed E-state index contributed by atoms with van der Waals surface area (Å²) >= 11 is 0. The molecule has 0 aromatic heterocycles. The van der Waals surface area contributed by atoms with Crippen LogP contribution < -0.4 is 10.2 Å². The van der Waals surface area contributed by atoms with Crippen LogP contribution in [0, 0.1) is 5.92 Å². The number of hydrogen-bond donors (Lipinski definition) is 1. The highest BCUT2D eigenvalue weighted by molar-refractivity contribution is 5.79. The lowest BCUT2D eigenvalue weighted by Gasteiger charge is -2.27. The largest absolute Gasteiger partial charge is 0.381 e. The first-order valence-corrected chi connectivity index (χ1v) is 9.43. The summed E-state index contributed by atoms with van der Waals surface area (Å²) < 4.78 is 5.45. The summed E-state index contributed by atoms with van der Waals surface area (Å²) in [5.41, 5.74) is 2.45. The zero-order valence-electron chi connectivity index (χ0n) is 16.3. The lowest BCUT2D eigenvalue weighted by atomic mass is 9.96. The van der Waals surface area contributed by atoms with Crippen LogP contribution in [0.5, 0.6) is 0 Å². The molecule has 1 heterocycles. The highest BCUT2D eigenvalue weighted by Gasteiger charge is 2.15. The van der Waals surface area contributed by atoms with Crippen molar-refractivity contribution in [2.24, 2.45) is 10.9 Å². The fraction of sp³-hybridized carbons (Fsp3) is 0.650. The zero-order valence-corrected chi connectivity index (χ0v) is 16.3. The van der Waals surface area contributed by atoms with Crippen LogP contribution in [0.2, 0.25) is 0 Å². The predicted octanol–water partition coefficient (Wildman–Crippen LogP) is 2.97. The number of benzene rings is 1. The summed E-state index contributed by atoms with van der Waals surface area (Å²) in [6.45, 7) is 6.59. The molecule has 1 fully saturated rings. The maximum Gasteiger partial charge on any atom is 0.193 e. The van der Waals surface area contributed by atoms with Gasteiger partial charge in [-0.2, -0.15) is 0 Å². The van der Waals surface area contributed by atoms with E-state index in [1.54, 1.807) is 0 Å². The fourth-order valence-electron chi connectivity index (χ4n) is 3.09. The summed E-state index contributed by atoms with van der Waals surface area (Å²) in [6.07, 6.45) is 3.60. The second-order valence-corrected chi connectivity index (χ2v) is 7.00. The molecule has 1 aromatic rings. The molecular weight excluding hydrogens is 312 g/mol. The zero-order chi connectivity index (χ0) is 18.1. The molecule has 0 radical (unpaired) electrons. The maximum absolute atomic E-state index is 5.45. The van der Waals surface area contributed by atoms with Crippen molar-refractivity contribution in [1.29, 1.82) is 0 Å². The molecule has 0 saturated carbocycles. The highest BCUT2D eigenvalue weighted by Crippen LogP contribution is 2.18. The van der Waals surface area contributed by atoms with Gasteiger partial charge in [-0.15, -0.1) is 0 Å². The van der Waals surface area contributed by atoms with Crippen molar-refractivity contribution in [3.63, 3.8) is 0 Å². The molecule has 1 aliphatic heterocycles. The molecule has 0 atom stereocenters. The molecule has 1 saturated heterocycles. The van der Waals surface area contributed by atoms with Crippen LogP contribution in [0.25, 0.3) is 0 Å². The molecule has 1 N–H and O–H groups in total. The molecule has 5 heteroatoms. The number of anilines is 1. The summed E-state index contributed by atoms with van der Waals surface area (Å²) in [7, 11) is 6.27. The average Bonchev–Trinajstić information content (AvgIpc) is 2.64. The van der Waals surface area contributed by atoms with Gasteiger partial charge in [0.05, 0.1) is 6.54 Å². The van der Waals surface area contributed by atoms with Crippen LogP contribution in [0.1, 0.15) is 31.7 Å². The standard InChI is InChI=1S/C20H34N4O/c1-5-21-20(24(4)12-9-17-10-13-25-14-11-17)22-16-18-7-6-8-19(15-18)23(2)3/h6-8,15,17H,5,9-14,16H2,1-4H3,(H,21,22). The van der Waals surface area contributed by atoms with Gasteiger partial charge in [0, 0.05) is 53.1 Å². The van der Waals surface area contributed by atoms with Crippen molar-refractivity contribution in [2.75, 3.05) is 52.3 Å². The van der Waals surface area contributed by atoms with Gasteiger partial charge in [-0.05, 0) is 49.8 Å². The van der Waals surface area contributed by atoms with Gasteiger partial charge in [-0.25, -0.2) is 4.99 Å². The quantitative estimate of drug-likeness (QED) is 0.609. The van der Waals surface area contributed by atoms with Crippen molar-refractivity contribution in [2.45, 2.75) is 32.7 Å². The first kappa shape index (κ1) is 19.6. The number of rotatable bonds is 7. The smallest absolute Gasteiger partial charge is 0.193 e. The fourth-order valence-corrected chi connectivity index (χ4v) is 3.09. The van der Waals surface area contributed by atoms with Crippen LogP contribution in [0.3, 0.4) is 0 Å². The number of guanidine groups is 1. The predicted molar refractivity (Wildman–Crippen MR) is 106 cm³/mol. The summed E-state index contributed by atoms with van der Waals surface area (Å²) in [4.78, 5) is 9.22. The van der Waals surface area contributed by atoms with Gasteiger partial charge in [0.25, 0.3) is 0 Å². The SMILES string of the molecule is CCNC(=NCc1cccc(N(C)C)c1)N(C)CCC1CCOCC1. The first-order valence-electron chi connectivity index (χ1n) is 9.43. The van der Waals surface area contributed by atoms with E-state index in [2.05, 4.69) is 67.4 Å².